The Morgan fingerprint density at radius 3 is 2.60 bits per heavy atom. The minimum atomic E-state index is -0.319. The van der Waals surface area contributed by atoms with Gasteiger partial charge in [0.05, 0.1) is 18.5 Å². The van der Waals surface area contributed by atoms with E-state index in [1.54, 1.807) is 12.3 Å². The number of amides is 1. The van der Waals surface area contributed by atoms with Gasteiger partial charge in [-0.25, -0.2) is 4.98 Å². The molecule has 2 N–H and O–H groups in total. The fourth-order valence-corrected chi connectivity index (χ4v) is 1.54. The zero-order valence-electron chi connectivity index (χ0n) is 13.0. The molecule has 1 heterocycles. The highest BCUT2D eigenvalue weighted by atomic mass is 16.5. The third-order valence-electron chi connectivity index (χ3n) is 3.15. The van der Waals surface area contributed by atoms with E-state index in [-0.39, 0.29) is 17.5 Å². The molecule has 5 nitrogen and oxygen atoms in total. The molecule has 0 saturated carbocycles. The number of carbonyl (C=O) groups is 1. The first-order valence-corrected chi connectivity index (χ1v) is 7.05. The molecule has 112 valence electrons. The number of nitrogens with zero attached hydrogens (tertiary/aromatic N) is 1. The van der Waals surface area contributed by atoms with Crippen LogP contribution >= 0.6 is 0 Å². The number of nitrogens with one attached hydrogen (secondary N) is 2. The first-order chi connectivity index (χ1) is 9.38. The molecule has 0 spiro atoms. The molecule has 1 aromatic rings. The number of aromatic nitrogens is 1. The van der Waals surface area contributed by atoms with Gasteiger partial charge in [-0.05, 0) is 40.2 Å². The predicted octanol–water partition coefficient (Wildman–Crippen LogP) is 2.59. The standard InChI is InChI=1S/C15H25N3O2/c1-6-15(4,5)18-14(19)11(3)17-12-8-9-13(16-10-12)20-7-2/h8-11,17H,6-7H2,1-5H3,(H,18,19). The molecule has 1 aromatic heterocycles. The molecule has 1 amide bonds. The lowest BCUT2D eigenvalue weighted by atomic mass is 10.0. The first kappa shape index (κ1) is 16.3. The molecule has 1 atom stereocenters. The van der Waals surface area contributed by atoms with Crippen molar-refractivity contribution in [2.24, 2.45) is 0 Å². The Balaban J connectivity index is 2.57. The van der Waals surface area contributed by atoms with E-state index in [0.717, 1.165) is 12.1 Å². The van der Waals surface area contributed by atoms with Crippen molar-refractivity contribution < 1.29 is 9.53 Å². The van der Waals surface area contributed by atoms with Crippen molar-refractivity contribution in [1.82, 2.24) is 10.3 Å². The maximum absolute atomic E-state index is 12.1. The normalized spacial score (nSPS) is 12.7. The summed E-state index contributed by atoms with van der Waals surface area (Å²) < 4.78 is 5.28. The van der Waals surface area contributed by atoms with Gasteiger partial charge in [0, 0.05) is 11.6 Å². The molecule has 5 heteroatoms. The minimum Gasteiger partial charge on any atom is -0.478 e. The van der Waals surface area contributed by atoms with E-state index in [9.17, 15) is 4.79 Å². The van der Waals surface area contributed by atoms with E-state index in [0.29, 0.717) is 12.5 Å². The molecule has 0 fully saturated rings. The van der Waals surface area contributed by atoms with Crippen LogP contribution in [-0.2, 0) is 4.79 Å². The highest BCUT2D eigenvalue weighted by Crippen LogP contribution is 2.13. The second kappa shape index (κ2) is 7.12. The smallest absolute Gasteiger partial charge is 0.242 e. The van der Waals surface area contributed by atoms with Gasteiger partial charge in [-0.3, -0.25) is 4.79 Å². The van der Waals surface area contributed by atoms with Crippen molar-refractivity contribution in [1.29, 1.82) is 0 Å². The molecule has 1 unspecified atom stereocenters. The lowest BCUT2D eigenvalue weighted by Gasteiger charge is -2.27. The van der Waals surface area contributed by atoms with Crippen LogP contribution in [0.25, 0.3) is 0 Å². The fourth-order valence-electron chi connectivity index (χ4n) is 1.54. The van der Waals surface area contributed by atoms with Crippen LogP contribution in [0.2, 0.25) is 0 Å². The maximum atomic E-state index is 12.1. The average molecular weight is 279 g/mol. The van der Waals surface area contributed by atoms with Gasteiger partial charge in [0.2, 0.25) is 11.8 Å². The van der Waals surface area contributed by atoms with Gasteiger partial charge in [-0.1, -0.05) is 6.92 Å². The van der Waals surface area contributed by atoms with E-state index < -0.39 is 0 Å². The predicted molar refractivity (Wildman–Crippen MR) is 81.0 cm³/mol. The van der Waals surface area contributed by atoms with Crippen LogP contribution in [0.15, 0.2) is 18.3 Å². The number of anilines is 1. The highest BCUT2D eigenvalue weighted by Gasteiger charge is 2.21. The van der Waals surface area contributed by atoms with Crippen molar-refractivity contribution in [2.45, 2.75) is 52.6 Å². The van der Waals surface area contributed by atoms with Crippen molar-refractivity contribution in [3.8, 4) is 5.88 Å². The molecule has 0 aliphatic heterocycles. The number of ether oxygens (including phenoxy) is 1. The van der Waals surface area contributed by atoms with Gasteiger partial charge in [0.15, 0.2) is 0 Å². The molecular weight excluding hydrogens is 254 g/mol. The van der Waals surface area contributed by atoms with Gasteiger partial charge >= 0.3 is 0 Å². The van der Waals surface area contributed by atoms with Gasteiger partial charge in [0.25, 0.3) is 0 Å². The van der Waals surface area contributed by atoms with E-state index in [1.807, 2.05) is 33.8 Å². The third kappa shape index (κ3) is 5.07. The van der Waals surface area contributed by atoms with Crippen molar-refractivity contribution in [2.75, 3.05) is 11.9 Å². The van der Waals surface area contributed by atoms with Crippen molar-refractivity contribution in [3.63, 3.8) is 0 Å². The fraction of sp³-hybridized carbons (Fsp3) is 0.600. The number of rotatable bonds is 7. The van der Waals surface area contributed by atoms with Crippen LogP contribution in [0.4, 0.5) is 5.69 Å². The van der Waals surface area contributed by atoms with Gasteiger partial charge in [-0.15, -0.1) is 0 Å². The van der Waals surface area contributed by atoms with Crippen molar-refractivity contribution >= 4 is 11.6 Å². The van der Waals surface area contributed by atoms with E-state index in [1.165, 1.54) is 0 Å². The van der Waals surface area contributed by atoms with Gasteiger partial charge in [0.1, 0.15) is 6.04 Å². The lowest BCUT2D eigenvalue weighted by molar-refractivity contribution is -0.123. The molecule has 1 rings (SSSR count). The molecule has 20 heavy (non-hydrogen) atoms. The summed E-state index contributed by atoms with van der Waals surface area (Å²) in [5, 5.41) is 6.14. The molecule has 0 radical (unpaired) electrons. The number of hydrogen-bond donors (Lipinski definition) is 2. The zero-order valence-corrected chi connectivity index (χ0v) is 13.0. The third-order valence-corrected chi connectivity index (χ3v) is 3.15. The SMILES string of the molecule is CCOc1ccc(NC(C)C(=O)NC(C)(C)CC)cn1. The second-order valence-electron chi connectivity index (χ2n) is 5.41. The second-order valence-corrected chi connectivity index (χ2v) is 5.41. The zero-order chi connectivity index (χ0) is 15.2. The summed E-state index contributed by atoms with van der Waals surface area (Å²) in [7, 11) is 0. The molecular formula is C15H25N3O2. The van der Waals surface area contributed by atoms with E-state index in [4.69, 9.17) is 4.74 Å². The quantitative estimate of drug-likeness (QED) is 0.805. The largest absolute Gasteiger partial charge is 0.478 e. The lowest BCUT2D eigenvalue weighted by Crippen LogP contribution is -2.48. The van der Waals surface area contributed by atoms with Crippen molar-refractivity contribution in [3.05, 3.63) is 18.3 Å². The Hall–Kier alpha value is -1.78. The summed E-state index contributed by atoms with van der Waals surface area (Å²) in [5.41, 5.74) is 0.606. The number of pyridine rings is 1. The first-order valence-electron chi connectivity index (χ1n) is 7.05. The maximum Gasteiger partial charge on any atom is 0.242 e. The summed E-state index contributed by atoms with van der Waals surface area (Å²) >= 11 is 0. The Morgan fingerprint density at radius 2 is 2.10 bits per heavy atom. The Labute approximate surface area is 121 Å². The minimum absolute atomic E-state index is 0.0225. The molecule has 0 aromatic carbocycles. The summed E-state index contributed by atoms with van der Waals surface area (Å²) in [6.07, 6.45) is 2.55. The topological polar surface area (TPSA) is 63.2 Å². The van der Waals surface area contributed by atoms with Crippen LogP contribution in [0, 0.1) is 0 Å². The molecule has 0 aliphatic carbocycles. The summed E-state index contributed by atoms with van der Waals surface area (Å²) in [6, 6.07) is 3.32. The average Bonchev–Trinajstić information content (AvgIpc) is 2.41. The van der Waals surface area contributed by atoms with Gasteiger partial charge < -0.3 is 15.4 Å². The van der Waals surface area contributed by atoms with Gasteiger partial charge in [-0.2, -0.15) is 0 Å². The summed E-state index contributed by atoms with van der Waals surface area (Å²) in [6.45, 7) is 10.4. The highest BCUT2D eigenvalue weighted by molar-refractivity contribution is 5.84. The number of hydrogen-bond acceptors (Lipinski definition) is 4. The summed E-state index contributed by atoms with van der Waals surface area (Å²) in [4.78, 5) is 16.2. The van der Waals surface area contributed by atoms with E-state index >= 15 is 0 Å². The monoisotopic (exact) mass is 279 g/mol. The Morgan fingerprint density at radius 1 is 1.40 bits per heavy atom. The van der Waals surface area contributed by atoms with Crippen LogP contribution in [0.1, 0.15) is 41.0 Å². The van der Waals surface area contributed by atoms with E-state index in [2.05, 4.69) is 22.5 Å². The Bertz CT molecular complexity index is 429. The van der Waals surface area contributed by atoms with Crippen LogP contribution in [0.3, 0.4) is 0 Å². The number of carbonyl (C=O) groups excluding carboxylic acids is 1. The van der Waals surface area contributed by atoms with Crippen LogP contribution in [-0.4, -0.2) is 29.1 Å². The molecule has 0 saturated heterocycles. The molecule has 0 aliphatic rings. The van der Waals surface area contributed by atoms with Crippen LogP contribution in [0.5, 0.6) is 5.88 Å². The van der Waals surface area contributed by atoms with Crippen LogP contribution < -0.4 is 15.4 Å². The summed E-state index contributed by atoms with van der Waals surface area (Å²) in [5.74, 6) is 0.563. The molecule has 0 bridgehead atoms. The Kier molecular flexibility index (Phi) is 5.80.